The van der Waals surface area contributed by atoms with Crippen LogP contribution in [-0.4, -0.2) is 41.6 Å². The number of likely N-dealkylation sites (tertiary alicyclic amines) is 1. The normalized spacial score (nSPS) is 22.8. The van der Waals surface area contributed by atoms with E-state index in [2.05, 4.69) is 36.2 Å². The highest BCUT2D eigenvalue weighted by Gasteiger charge is 2.32. The Morgan fingerprint density at radius 2 is 2.00 bits per heavy atom. The monoisotopic (exact) mass is 312 g/mol. The van der Waals surface area contributed by atoms with E-state index in [1.54, 1.807) is 0 Å². The van der Waals surface area contributed by atoms with Crippen LogP contribution in [-0.2, 0) is 9.53 Å². The first-order chi connectivity index (χ1) is 11.2. The van der Waals surface area contributed by atoms with Gasteiger partial charge in [-0.3, -0.25) is 4.79 Å². The van der Waals surface area contributed by atoms with Gasteiger partial charge in [0.25, 0.3) is 5.91 Å². The molecule has 0 aliphatic carbocycles. The summed E-state index contributed by atoms with van der Waals surface area (Å²) in [5.74, 6) is 0.747. The van der Waals surface area contributed by atoms with Crippen LogP contribution in [0.2, 0.25) is 0 Å². The molecule has 0 bridgehead atoms. The number of piperidine rings is 1. The van der Waals surface area contributed by atoms with Crippen molar-refractivity contribution in [3.05, 3.63) is 35.5 Å². The number of fused-ring (bicyclic) bond motifs is 1. The molecule has 1 N–H and O–H groups in total. The van der Waals surface area contributed by atoms with Gasteiger partial charge in [-0.1, -0.05) is 18.2 Å². The Labute approximate surface area is 136 Å². The summed E-state index contributed by atoms with van der Waals surface area (Å²) in [5, 5.41) is 1.34. The van der Waals surface area contributed by atoms with Gasteiger partial charge >= 0.3 is 0 Å². The maximum absolute atomic E-state index is 12.5. The number of aryl methyl sites for hydroxylation is 1. The fourth-order valence-corrected chi connectivity index (χ4v) is 4.19. The van der Waals surface area contributed by atoms with Crippen LogP contribution in [0.4, 0.5) is 0 Å². The minimum absolute atomic E-state index is 0.179. The molecule has 2 fully saturated rings. The van der Waals surface area contributed by atoms with Crippen molar-refractivity contribution in [2.75, 3.05) is 19.7 Å². The molecule has 1 aromatic heterocycles. The number of carbonyl (C=O) groups excluding carboxylic acids is 1. The van der Waals surface area contributed by atoms with Crippen LogP contribution in [0.5, 0.6) is 0 Å². The third kappa shape index (κ3) is 2.65. The van der Waals surface area contributed by atoms with Crippen molar-refractivity contribution in [3.63, 3.8) is 0 Å². The van der Waals surface area contributed by atoms with E-state index in [4.69, 9.17) is 4.74 Å². The van der Waals surface area contributed by atoms with E-state index in [-0.39, 0.29) is 12.0 Å². The molecule has 0 spiro atoms. The highest BCUT2D eigenvalue weighted by molar-refractivity contribution is 5.85. The van der Waals surface area contributed by atoms with Crippen LogP contribution >= 0.6 is 0 Å². The van der Waals surface area contributed by atoms with Crippen LogP contribution < -0.4 is 0 Å². The Morgan fingerprint density at radius 3 is 2.74 bits per heavy atom. The van der Waals surface area contributed by atoms with Crippen molar-refractivity contribution in [3.8, 4) is 0 Å². The van der Waals surface area contributed by atoms with Crippen LogP contribution in [0.15, 0.2) is 24.3 Å². The highest BCUT2D eigenvalue weighted by atomic mass is 16.5. The summed E-state index contributed by atoms with van der Waals surface area (Å²) in [4.78, 5) is 18.0. The predicted molar refractivity (Wildman–Crippen MR) is 90.6 cm³/mol. The first-order valence-corrected chi connectivity index (χ1v) is 8.71. The second-order valence-electron chi connectivity index (χ2n) is 6.81. The SMILES string of the molecule is Cc1[nH]c2ccccc2c1C1CCN(C(=O)[C@@H]2CCCO2)CC1. The van der Waals surface area contributed by atoms with Crippen molar-refractivity contribution in [1.29, 1.82) is 0 Å². The van der Waals surface area contributed by atoms with E-state index >= 15 is 0 Å². The average Bonchev–Trinajstić information content (AvgIpc) is 3.21. The predicted octanol–water partition coefficient (Wildman–Crippen LogP) is 3.36. The lowest BCUT2D eigenvalue weighted by atomic mass is 9.87. The summed E-state index contributed by atoms with van der Waals surface area (Å²) in [7, 11) is 0. The van der Waals surface area contributed by atoms with Gasteiger partial charge in [0.2, 0.25) is 0 Å². The topological polar surface area (TPSA) is 45.3 Å². The van der Waals surface area contributed by atoms with Gasteiger partial charge in [-0.15, -0.1) is 0 Å². The second kappa shape index (κ2) is 6.00. The zero-order valence-electron chi connectivity index (χ0n) is 13.7. The van der Waals surface area contributed by atoms with E-state index in [1.807, 2.05) is 4.90 Å². The molecule has 1 amide bonds. The van der Waals surface area contributed by atoms with Crippen molar-refractivity contribution < 1.29 is 9.53 Å². The van der Waals surface area contributed by atoms with Gasteiger partial charge < -0.3 is 14.6 Å². The minimum Gasteiger partial charge on any atom is -0.368 e. The second-order valence-corrected chi connectivity index (χ2v) is 6.81. The molecular formula is C19H24N2O2. The molecule has 2 aromatic rings. The van der Waals surface area contributed by atoms with E-state index in [9.17, 15) is 4.79 Å². The van der Waals surface area contributed by atoms with Crippen LogP contribution in [0, 0.1) is 6.92 Å². The molecule has 1 aromatic carbocycles. The van der Waals surface area contributed by atoms with Crippen molar-refractivity contribution >= 4 is 16.8 Å². The molecule has 122 valence electrons. The fourth-order valence-electron chi connectivity index (χ4n) is 4.19. The van der Waals surface area contributed by atoms with E-state index < -0.39 is 0 Å². The van der Waals surface area contributed by atoms with Gasteiger partial charge in [0.15, 0.2) is 0 Å². The Morgan fingerprint density at radius 1 is 1.22 bits per heavy atom. The van der Waals surface area contributed by atoms with Gasteiger partial charge in [-0.2, -0.15) is 0 Å². The molecule has 4 nitrogen and oxygen atoms in total. The molecule has 2 saturated heterocycles. The summed E-state index contributed by atoms with van der Waals surface area (Å²) in [6.07, 6.45) is 3.81. The molecule has 0 radical (unpaired) electrons. The first kappa shape index (κ1) is 14.8. The van der Waals surface area contributed by atoms with Gasteiger partial charge in [-0.05, 0) is 50.2 Å². The molecule has 4 rings (SSSR count). The Hall–Kier alpha value is -1.81. The quantitative estimate of drug-likeness (QED) is 0.924. The van der Waals surface area contributed by atoms with Gasteiger partial charge in [0.05, 0.1) is 0 Å². The van der Waals surface area contributed by atoms with Crippen LogP contribution in [0.25, 0.3) is 10.9 Å². The molecule has 4 heteroatoms. The molecule has 0 saturated carbocycles. The van der Waals surface area contributed by atoms with Gasteiger partial charge in [-0.25, -0.2) is 0 Å². The van der Waals surface area contributed by atoms with Crippen molar-refractivity contribution in [2.45, 2.75) is 44.6 Å². The van der Waals surface area contributed by atoms with Crippen molar-refractivity contribution in [2.24, 2.45) is 0 Å². The summed E-state index contributed by atoms with van der Waals surface area (Å²) in [6.45, 7) is 4.60. The largest absolute Gasteiger partial charge is 0.368 e. The summed E-state index contributed by atoms with van der Waals surface area (Å²) in [5.41, 5.74) is 3.94. The number of aromatic nitrogens is 1. The van der Waals surface area contributed by atoms with Crippen LogP contribution in [0.3, 0.4) is 0 Å². The Bertz CT molecular complexity index is 707. The smallest absolute Gasteiger partial charge is 0.251 e. The maximum Gasteiger partial charge on any atom is 0.251 e. The molecule has 0 unspecified atom stereocenters. The zero-order valence-corrected chi connectivity index (χ0v) is 13.7. The summed E-state index contributed by atoms with van der Waals surface area (Å²) < 4.78 is 5.55. The first-order valence-electron chi connectivity index (χ1n) is 8.71. The van der Waals surface area contributed by atoms with Crippen molar-refractivity contribution in [1.82, 2.24) is 9.88 Å². The van der Waals surface area contributed by atoms with Gasteiger partial charge in [0.1, 0.15) is 6.10 Å². The third-order valence-corrected chi connectivity index (χ3v) is 5.36. The molecule has 23 heavy (non-hydrogen) atoms. The van der Waals surface area contributed by atoms with E-state index in [1.165, 1.54) is 22.2 Å². The number of hydrogen-bond acceptors (Lipinski definition) is 2. The summed E-state index contributed by atoms with van der Waals surface area (Å²) >= 11 is 0. The van der Waals surface area contributed by atoms with Crippen LogP contribution in [0.1, 0.15) is 42.9 Å². The molecule has 3 heterocycles. The Kier molecular flexibility index (Phi) is 3.85. The number of rotatable bonds is 2. The molecular weight excluding hydrogens is 288 g/mol. The third-order valence-electron chi connectivity index (χ3n) is 5.36. The average molecular weight is 312 g/mol. The highest BCUT2D eigenvalue weighted by Crippen LogP contribution is 2.35. The lowest BCUT2D eigenvalue weighted by Gasteiger charge is -2.33. The minimum atomic E-state index is -0.179. The number of nitrogens with zero attached hydrogens (tertiary/aromatic N) is 1. The number of nitrogens with one attached hydrogen (secondary N) is 1. The van der Waals surface area contributed by atoms with E-state index in [0.29, 0.717) is 5.92 Å². The zero-order chi connectivity index (χ0) is 15.8. The number of para-hydroxylation sites is 1. The molecule has 2 aliphatic heterocycles. The number of H-pyrrole nitrogens is 1. The lowest BCUT2D eigenvalue weighted by Crippen LogP contribution is -2.43. The summed E-state index contributed by atoms with van der Waals surface area (Å²) in [6, 6.07) is 8.53. The van der Waals surface area contributed by atoms with Gasteiger partial charge in [0, 0.05) is 36.3 Å². The standard InChI is InChI=1S/C19H24N2O2/c1-13-18(15-5-2-3-6-16(15)20-13)14-8-10-21(11-9-14)19(22)17-7-4-12-23-17/h2-3,5-6,14,17,20H,4,7-12H2,1H3/t17-/m0/s1. The number of hydrogen-bond donors (Lipinski definition) is 1. The number of aromatic amines is 1. The molecule has 1 atom stereocenters. The number of ether oxygens (including phenoxy) is 1. The molecule has 2 aliphatic rings. The number of benzene rings is 1. The fraction of sp³-hybridized carbons (Fsp3) is 0.526. The number of amides is 1. The maximum atomic E-state index is 12.5. The Balaban J connectivity index is 1.48. The lowest BCUT2D eigenvalue weighted by molar-refractivity contribution is -0.142. The number of carbonyl (C=O) groups is 1. The van der Waals surface area contributed by atoms with E-state index in [0.717, 1.165) is 45.4 Å².